The SMILES string of the molecule is Cc1nc(C2CN(C(=O)C(N)c3ccccc3C(F)(F)F)CCO2)no1. The van der Waals surface area contributed by atoms with Gasteiger partial charge < -0.3 is 19.9 Å². The van der Waals surface area contributed by atoms with Gasteiger partial charge in [0.05, 0.1) is 18.7 Å². The summed E-state index contributed by atoms with van der Waals surface area (Å²) >= 11 is 0. The fraction of sp³-hybridized carbons (Fsp3) is 0.438. The predicted octanol–water partition coefficient (Wildman–Crippen LogP) is 2.00. The normalized spacial score (nSPS) is 19.4. The minimum atomic E-state index is -4.59. The number of ether oxygens (including phenoxy) is 1. The standard InChI is InChI=1S/C16H17F3N4O3/c1-9-21-14(22-26-9)12-8-23(6-7-25-12)15(24)13(20)10-4-2-3-5-11(10)16(17,18)19/h2-5,12-13H,6-8,20H2,1H3. The highest BCUT2D eigenvalue weighted by atomic mass is 19.4. The van der Waals surface area contributed by atoms with Crippen molar-refractivity contribution in [3.63, 3.8) is 0 Å². The lowest BCUT2D eigenvalue weighted by Crippen LogP contribution is -2.46. The second-order valence-electron chi connectivity index (χ2n) is 5.88. The zero-order valence-electron chi connectivity index (χ0n) is 13.9. The van der Waals surface area contributed by atoms with E-state index in [1.54, 1.807) is 6.92 Å². The smallest absolute Gasteiger partial charge is 0.366 e. The Morgan fingerprint density at radius 2 is 2.12 bits per heavy atom. The number of aromatic nitrogens is 2. The van der Waals surface area contributed by atoms with Gasteiger partial charge in [0, 0.05) is 13.5 Å². The molecule has 1 aromatic carbocycles. The second kappa shape index (κ2) is 7.04. The van der Waals surface area contributed by atoms with E-state index in [-0.39, 0.29) is 31.1 Å². The number of benzene rings is 1. The molecule has 1 fully saturated rings. The van der Waals surface area contributed by atoms with Crippen LogP contribution in [0.2, 0.25) is 0 Å². The number of carbonyl (C=O) groups excluding carboxylic acids is 1. The number of rotatable bonds is 3. The van der Waals surface area contributed by atoms with Crippen LogP contribution in [0.3, 0.4) is 0 Å². The van der Waals surface area contributed by atoms with Crippen molar-refractivity contribution in [2.75, 3.05) is 19.7 Å². The lowest BCUT2D eigenvalue weighted by molar-refractivity contribution is -0.143. The first-order chi connectivity index (χ1) is 12.3. The average Bonchev–Trinajstić information content (AvgIpc) is 3.06. The molecule has 1 saturated heterocycles. The Labute approximate surface area is 146 Å². The molecule has 1 aliphatic heterocycles. The summed E-state index contributed by atoms with van der Waals surface area (Å²) in [6.07, 6.45) is -5.21. The second-order valence-corrected chi connectivity index (χ2v) is 5.88. The monoisotopic (exact) mass is 370 g/mol. The first kappa shape index (κ1) is 18.3. The number of amides is 1. The van der Waals surface area contributed by atoms with Crippen LogP contribution in [-0.2, 0) is 15.7 Å². The molecule has 0 bridgehead atoms. The van der Waals surface area contributed by atoms with Crippen molar-refractivity contribution in [3.05, 3.63) is 47.1 Å². The van der Waals surface area contributed by atoms with Crippen LogP contribution in [0.15, 0.2) is 28.8 Å². The van der Waals surface area contributed by atoms with Gasteiger partial charge in [-0.3, -0.25) is 4.79 Å². The van der Waals surface area contributed by atoms with Gasteiger partial charge >= 0.3 is 6.18 Å². The average molecular weight is 370 g/mol. The van der Waals surface area contributed by atoms with E-state index in [1.807, 2.05) is 0 Å². The number of hydrogen-bond acceptors (Lipinski definition) is 6. The highest BCUT2D eigenvalue weighted by Gasteiger charge is 2.37. The molecule has 0 radical (unpaired) electrons. The number of morpholine rings is 1. The maximum absolute atomic E-state index is 13.2. The van der Waals surface area contributed by atoms with Crippen LogP contribution in [-0.4, -0.2) is 40.6 Å². The molecule has 7 nitrogen and oxygen atoms in total. The van der Waals surface area contributed by atoms with Gasteiger partial charge in [0.2, 0.25) is 17.6 Å². The topological polar surface area (TPSA) is 94.5 Å². The first-order valence-electron chi connectivity index (χ1n) is 7.89. The summed E-state index contributed by atoms with van der Waals surface area (Å²) in [6.45, 7) is 2.11. The van der Waals surface area contributed by atoms with E-state index in [2.05, 4.69) is 10.1 Å². The summed E-state index contributed by atoms with van der Waals surface area (Å²) in [5.41, 5.74) is 4.70. The van der Waals surface area contributed by atoms with Crippen molar-refractivity contribution in [2.45, 2.75) is 25.2 Å². The van der Waals surface area contributed by atoms with E-state index in [4.69, 9.17) is 15.0 Å². The third-order valence-electron chi connectivity index (χ3n) is 4.08. The third-order valence-corrected chi connectivity index (χ3v) is 4.08. The van der Waals surface area contributed by atoms with Crippen molar-refractivity contribution >= 4 is 5.91 Å². The largest absolute Gasteiger partial charge is 0.416 e. The van der Waals surface area contributed by atoms with E-state index >= 15 is 0 Å². The molecule has 2 heterocycles. The van der Waals surface area contributed by atoms with Gasteiger partial charge in [0.25, 0.3) is 0 Å². The molecule has 140 valence electrons. The van der Waals surface area contributed by atoms with Crippen molar-refractivity contribution in [3.8, 4) is 0 Å². The highest BCUT2D eigenvalue weighted by molar-refractivity contribution is 5.83. The highest BCUT2D eigenvalue weighted by Crippen LogP contribution is 2.34. The molecular weight excluding hydrogens is 353 g/mol. The Morgan fingerprint density at radius 3 is 2.77 bits per heavy atom. The molecule has 2 atom stereocenters. The third kappa shape index (κ3) is 3.70. The van der Waals surface area contributed by atoms with Crippen LogP contribution in [0.4, 0.5) is 13.2 Å². The Kier molecular flexibility index (Phi) is 4.97. The maximum atomic E-state index is 13.2. The summed E-state index contributed by atoms with van der Waals surface area (Å²) in [5.74, 6) is 0.0161. The quantitative estimate of drug-likeness (QED) is 0.888. The van der Waals surface area contributed by atoms with Crippen molar-refractivity contribution in [2.24, 2.45) is 5.73 Å². The number of nitrogens with two attached hydrogens (primary N) is 1. The summed E-state index contributed by atoms with van der Waals surface area (Å²) in [4.78, 5) is 18.1. The van der Waals surface area contributed by atoms with Crippen LogP contribution in [0.25, 0.3) is 0 Å². The number of halogens is 3. The summed E-state index contributed by atoms with van der Waals surface area (Å²) in [7, 11) is 0. The fourth-order valence-corrected chi connectivity index (χ4v) is 2.81. The van der Waals surface area contributed by atoms with Crippen molar-refractivity contribution < 1.29 is 27.2 Å². The number of hydrogen-bond donors (Lipinski definition) is 1. The molecule has 10 heteroatoms. The van der Waals surface area contributed by atoms with Crippen LogP contribution < -0.4 is 5.73 Å². The number of aryl methyl sites for hydroxylation is 1. The first-order valence-corrected chi connectivity index (χ1v) is 7.89. The molecule has 2 N–H and O–H groups in total. The van der Waals surface area contributed by atoms with E-state index in [1.165, 1.54) is 23.1 Å². The van der Waals surface area contributed by atoms with E-state index < -0.39 is 29.8 Å². The maximum Gasteiger partial charge on any atom is 0.416 e. The van der Waals surface area contributed by atoms with Crippen molar-refractivity contribution in [1.29, 1.82) is 0 Å². The van der Waals surface area contributed by atoms with Gasteiger partial charge in [-0.2, -0.15) is 18.2 Å². The Bertz CT molecular complexity index is 793. The van der Waals surface area contributed by atoms with Gasteiger partial charge in [0.15, 0.2) is 0 Å². The minimum absolute atomic E-state index is 0.0830. The molecule has 2 unspecified atom stereocenters. The zero-order chi connectivity index (χ0) is 18.9. The summed E-state index contributed by atoms with van der Waals surface area (Å²) < 4.78 is 49.9. The predicted molar refractivity (Wildman–Crippen MR) is 82.7 cm³/mol. The molecule has 1 amide bonds. The molecule has 2 aromatic rings. The van der Waals surface area contributed by atoms with E-state index in [0.29, 0.717) is 5.89 Å². The summed E-state index contributed by atoms with van der Waals surface area (Å²) in [5, 5.41) is 3.75. The van der Waals surface area contributed by atoms with Crippen LogP contribution >= 0.6 is 0 Å². The fourth-order valence-electron chi connectivity index (χ4n) is 2.81. The van der Waals surface area contributed by atoms with E-state index in [0.717, 1.165) is 6.07 Å². The van der Waals surface area contributed by atoms with Gasteiger partial charge in [0.1, 0.15) is 12.1 Å². The molecular formula is C16H17F3N4O3. The van der Waals surface area contributed by atoms with Crippen molar-refractivity contribution in [1.82, 2.24) is 15.0 Å². The lowest BCUT2D eigenvalue weighted by Gasteiger charge is -2.33. The van der Waals surface area contributed by atoms with E-state index in [9.17, 15) is 18.0 Å². The molecule has 3 rings (SSSR count). The molecule has 26 heavy (non-hydrogen) atoms. The molecule has 0 aliphatic carbocycles. The Morgan fingerprint density at radius 1 is 1.38 bits per heavy atom. The minimum Gasteiger partial charge on any atom is -0.366 e. The van der Waals surface area contributed by atoms with Gasteiger partial charge in [-0.1, -0.05) is 23.4 Å². The zero-order valence-corrected chi connectivity index (χ0v) is 13.9. The van der Waals surface area contributed by atoms with Gasteiger partial charge in [-0.05, 0) is 11.6 Å². The molecule has 1 aliphatic rings. The van der Waals surface area contributed by atoms with Gasteiger partial charge in [-0.15, -0.1) is 0 Å². The summed E-state index contributed by atoms with van der Waals surface area (Å²) in [6, 6.07) is 3.37. The van der Waals surface area contributed by atoms with Crippen LogP contribution in [0, 0.1) is 6.92 Å². The van der Waals surface area contributed by atoms with Crippen LogP contribution in [0.5, 0.6) is 0 Å². The number of nitrogens with zero attached hydrogens (tertiary/aromatic N) is 3. The van der Waals surface area contributed by atoms with Crippen LogP contribution in [0.1, 0.15) is 35.0 Å². The number of carbonyl (C=O) groups is 1. The molecule has 0 saturated carbocycles. The number of alkyl halides is 3. The van der Waals surface area contributed by atoms with Gasteiger partial charge in [-0.25, -0.2) is 0 Å². The lowest BCUT2D eigenvalue weighted by atomic mass is 9.99. The Hall–Kier alpha value is -2.46. The molecule has 1 aromatic heterocycles. The molecule has 0 spiro atoms. The Balaban J connectivity index is 1.79.